The number of nitrogens with zero attached hydrogens (tertiary/aromatic N) is 1. The quantitative estimate of drug-likeness (QED) is 0.882. The van der Waals surface area contributed by atoms with E-state index in [1.54, 1.807) is 23.6 Å². The summed E-state index contributed by atoms with van der Waals surface area (Å²) >= 11 is 4.97. The van der Waals surface area contributed by atoms with Gasteiger partial charge in [0.25, 0.3) is 0 Å². The molecule has 1 aromatic carbocycles. The van der Waals surface area contributed by atoms with Crippen molar-refractivity contribution in [2.45, 2.75) is 6.61 Å². The minimum Gasteiger partial charge on any atom is -0.485 e. The number of nitrogen functional groups attached to an aromatic ring is 1. The second kappa shape index (κ2) is 4.63. The van der Waals surface area contributed by atoms with Gasteiger partial charge in [-0.25, -0.2) is 4.98 Å². The lowest BCUT2D eigenvalue weighted by Crippen LogP contribution is -1.96. The number of benzene rings is 1. The molecule has 0 saturated carbocycles. The molecule has 0 aliphatic carbocycles. The Balaban J connectivity index is 2.07. The average molecular weight is 285 g/mol. The first-order valence-corrected chi connectivity index (χ1v) is 5.99. The zero-order valence-corrected chi connectivity index (χ0v) is 10.2. The van der Waals surface area contributed by atoms with E-state index in [9.17, 15) is 0 Å². The van der Waals surface area contributed by atoms with Crippen LogP contribution in [-0.2, 0) is 6.61 Å². The second-order valence-corrected chi connectivity index (χ2v) is 4.74. The molecule has 15 heavy (non-hydrogen) atoms. The van der Waals surface area contributed by atoms with Gasteiger partial charge in [-0.05, 0) is 28.1 Å². The highest BCUT2D eigenvalue weighted by molar-refractivity contribution is 9.10. The SMILES string of the molecule is Nc1ccc(Br)c(OCc2nccs2)c1. The van der Waals surface area contributed by atoms with Crippen molar-refractivity contribution in [2.75, 3.05) is 5.73 Å². The van der Waals surface area contributed by atoms with Crippen LogP contribution in [0.5, 0.6) is 5.75 Å². The summed E-state index contributed by atoms with van der Waals surface area (Å²) in [5.41, 5.74) is 6.35. The molecule has 0 bridgehead atoms. The molecule has 3 nitrogen and oxygen atoms in total. The monoisotopic (exact) mass is 284 g/mol. The fourth-order valence-electron chi connectivity index (χ4n) is 1.09. The van der Waals surface area contributed by atoms with Crippen LogP contribution in [0, 0.1) is 0 Å². The topological polar surface area (TPSA) is 48.1 Å². The standard InChI is InChI=1S/C10H9BrN2OS/c11-8-2-1-7(12)5-9(8)14-6-10-13-3-4-15-10/h1-5H,6,12H2. The normalized spacial score (nSPS) is 10.2. The number of halogens is 1. The van der Waals surface area contributed by atoms with E-state index in [0.717, 1.165) is 15.2 Å². The zero-order chi connectivity index (χ0) is 10.7. The van der Waals surface area contributed by atoms with Gasteiger partial charge in [0.05, 0.1) is 4.47 Å². The number of nitrogens with two attached hydrogens (primary N) is 1. The highest BCUT2D eigenvalue weighted by atomic mass is 79.9. The Hall–Kier alpha value is -1.07. The van der Waals surface area contributed by atoms with Crippen LogP contribution in [0.4, 0.5) is 5.69 Å². The molecule has 0 amide bonds. The van der Waals surface area contributed by atoms with E-state index in [0.29, 0.717) is 12.3 Å². The van der Waals surface area contributed by atoms with Crippen LogP contribution in [0.3, 0.4) is 0 Å². The van der Waals surface area contributed by atoms with Gasteiger partial charge < -0.3 is 10.5 Å². The highest BCUT2D eigenvalue weighted by Crippen LogP contribution is 2.27. The molecule has 0 aliphatic heterocycles. The summed E-state index contributed by atoms with van der Waals surface area (Å²) in [7, 11) is 0. The van der Waals surface area contributed by atoms with Crippen molar-refractivity contribution in [3.05, 3.63) is 39.3 Å². The van der Waals surface area contributed by atoms with Crippen LogP contribution in [0.1, 0.15) is 5.01 Å². The van der Waals surface area contributed by atoms with Gasteiger partial charge in [-0.3, -0.25) is 0 Å². The summed E-state index contributed by atoms with van der Waals surface area (Å²) in [6, 6.07) is 5.48. The fourth-order valence-corrected chi connectivity index (χ4v) is 1.98. The Labute approximate surface area is 100 Å². The van der Waals surface area contributed by atoms with Gasteiger partial charge >= 0.3 is 0 Å². The molecule has 0 saturated heterocycles. The van der Waals surface area contributed by atoms with Crippen LogP contribution >= 0.6 is 27.3 Å². The molecule has 0 radical (unpaired) electrons. The maximum atomic E-state index is 5.66. The van der Waals surface area contributed by atoms with Gasteiger partial charge in [0.1, 0.15) is 17.4 Å². The predicted molar refractivity (Wildman–Crippen MR) is 65.0 cm³/mol. The van der Waals surface area contributed by atoms with Crippen molar-refractivity contribution < 1.29 is 4.74 Å². The van der Waals surface area contributed by atoms with Gasteiger partial charge in [-0.2, -0.15) is 0 Å². The molecule has 78 valence electrons. The van der Waals surface area contributed by atoms with Crippen molar-refractivity contribution in [3.63, 3.8) is 0 Å². The Morgan fingerprint density at radius 1 is 1.47 bits per heavy atom. The van der Waals surface area contributed by atoms with E-state index in [-0.39, 0.29) is 0 Å². The molecule has 0 unspecified atom stereocenters. The number of hydrogen-bond donors (Lipinski definition) is 1. The highest BCUT2D eigenvalue weighted by Gasteiger charge is 2.03. The van der Waals surface area contributed by atoms with Crippen LogP contribution < -0.4 is 10.5 Å². The third-order valence-corrected chi connectivity index (χ3v) is 3.20. The molecule has 2 aromatic rings. The largest absolute Gasteiger partial charge is 0.485 e. The maximum absolute atomic E-state index is 5.66. The van der Waals surface area contributed by atoms with Gasteiger partial charge in [-0.1, -0.05) is 0 Å². The lowest BCUT2D eigenvalue weighted by atomic mass is 10.3. The number of thiazole rings is 1. The predicted octanol–water partition coefficient (Wildman–Crippen LogP) is 3.07. The molecular formula is C10H9BrN2OS. The summed E-state index contributed by atoms with van der Waals surface area (Å²) in [5.74, 6) is 0.741. The van der Waals surface area contributed by atoms with Crippen molar-refractivity contribution >= 4 is 33.0 Å². The van der Waals surface area contributed by atoms with Gasteiger partial charge in [0.15, 0.2) is 0 Å². The zero-order valence-electron chi connectivity index (χ0n) is 7.81. The Morgan fingerprint density at radius 2 is 2.33 bits per heavy atom. The first-order valence-electron chi connectivity index (χ1n) is 4.32. The molecule has 2 rings (SSSR count). The Kier molecular flexibility index (Phi) is 3.23. The van der Waals surface area contributed by atoms with Crippen LogP contribution in [-0.4, -0.2) is 4.98 Å². The van der Waals surface area contributed by atoms with Crippen LogP contribution in [0.25, 0.3) is 0 Å². The fraction of sp³-hybridized carbons (Fsp3) is 0.100. The van der Waals surface area contributed by atoms with Gasteiger partial charge in [0, 0.05) is 23.3 Å². The smallest absolute Gasteiger partial charge is 0.140 e. The number of rotatable bonds is 3. The van der Waals surface area contributed by atoms with Crippen molar-refractivity contribution in [1.29, 1.82) is 0 Å². The molecule has 2 N–H and O–H groups in total. The summed E-state index contributed by atoms with van der Waals surface area (Å²) < 4.78 is 6.48. The van der Waals surface area contributed by atoms with Crippen molar-refractivity contribution in [2.24, 2.45) is 0 Å². The van der Waals surface area contributed by atoms with E-state index in [1.807, 2.05) is 17.5 Å². The van der Waals surface area contributed by atoms with E-state index < -0.39 is 0 Å². The second-order valence-electron chi connectivity index (χ2n) is 2.90. The Bertz CT molecular complexity index is 445. The molecule has 1 aromatic heterocycles. The number of anilines is 1. The molecule has 0 fully saturated rings. The molecule has 5 heteroatoms. The lowest BCUT2D eigenvalue weighted by Gasteiger charge is -2.06. The lowest BCUT2D eigenvalue weighted by molar-refractivity contribution is 0.304. The van der Waals surface area contributed by atoms with Crippen molar-refractivity contribution in [1.82, 2.24) is 4.98 Å². The number of aromatic nitrogens is 1. The summed E-state index contributed by atoms with van der Waals surface area (Å²) in [6.07, 6.45) is 1.76. The molecule has 0 atom stereocenters. The number of hydrogen-bond acceptors (Lipinski definition) is 4. The molecular weight excluding hydrogens is 276 g/mol. The minimum absolute atomic E-state index is 0.472. The maximum Gasteiger partial charge on any atom is 0.140 e. The summed E-state index contributed by atoms with van der Waals surface area (Å²) in [4.78, 5) is 4.13. The Morgan fingerprint density at radius 3 is 3.07 bits per heavy atom. The number of ether oxygens (including phenoxy) is 1. The van der Waals surface area contributed by atoms with E-state index in [1.165, 1.54) is 0 Å². The van der Waals surface area contributed by atoms with E-state index >= 15 is 0 Å². The summed E-state index contributed by atoms with van der Waals surface area (Å²) in [5, 5.41) is 2.87. The van der Waals surface area contributed by atoms with Crippen molar-refractivity contribution in [3.8, 4) is 5.75 Å². The average Bonchev–Trinajstić information content (AvgIpc) is 2.72. The van der Waals surface area contributed by atoms with E-state index in [4.69, 9.17) is 10.5 Å². The summed E-state index contributed by atoms with van der Waals surface area (Å²) in [6.45, 7) is 0.472. The molecule has 1 heterocycles. The third-order valence-electron chi connectivity index (χ3n) is 1.79. The van der Waals surface area contributed by atoms with Crippen LogP contribution in [0.2, 0.25) is 0 Å². The third kappa shape index (κ3) is 2.70. The first-order chi connectivity index (χ1) is 7.25. The van der Waals surface area contributed by atoms with Crippen LogP contribution in [0.15, 0.2) is 34.2 Å². The minimum atomic E-state index is 0.472. The van der Waals surface area contributed by atoms with Gasteiger partial charge in [-0.15, -0.1) is 11.3 Å². The molecule has 0 spiro atoms. The van der Waals surface area contributed by atoms with E-state index in [2.05, 4.69) is 20.9 Å². The molecule has 0 aliphatic rings. The van der Waals surface area contributed by atoms with Gasteiger partial charge in [0.2, 0.25) is 0 Å². The first kappa shape index (κ1) is 10.4.